The molecule has 0 aliphatic heterocycles. The Balaban J connectivity index is 0. The Bertz CT molecular complexity index is 209. The lowest BCUT2D eigenvalue weighted by molar-refractivity contribution is 0.239. The van der Waals surface area contributed by atoms with Crippen molar-refractivity contribution in [2.75, 3.05) is 6.16 Å². The molecule has 0 fully saturated rings. The first-order valence-corrected chi connectivity index (χ1v) is 6.65. The summed E-state index contributed by atoms with van der Waals surface area (Å²) in [5.41, 5.74) is 0. The average Bonchev–Trinajstić information content (AvgIpc) is 1.98. The second-order valence-electron chi connectivity index (χ2n) is 3.89. The highest BCUT2D eigenvalue weighted by Gasteiger charge is 2.44. The van der Waals surface area contributed by atoms with Crippen molar-refractivity contribution in [1.29, 1.82) is 5.26 Å². The summed E-state index contributed by atoms with van der Waals surface area (Å²) in [6.45, 7) is 7.70. The van der Waals surface area contributed by atoms with Gasteiger partial charge in [-0.15, -0.1) is 17.1 Å². The second-order valence-corrected chi connectivity index (χ2v) is 6.19. The minimum absolute atomic E-state index is 0. The maximum absolute atomic E-state index is 9.89. The zero-order valence-corrected chi connectivity index (χ0v) is 11.4. The van der Waals surface area contributed by atoms with E-state index in [0.29, 0.717) is 0 Å². The minimum Gasteiger partial charge on any atom is -0.202 e. The zero-order chi connectivity index (χ0) is 11.4. The van der Waals surface area contributed by atoms with Crippen LogP contribution in [-0.4, -0.2) is 32.7 Å². The van der Waals surface area contributed by atoms with E-state index in [2.05, 4.69) is 0 Å². The van der Waals surface area contributed by atoms with Gasteiger partial charge in [0.15, 0.2) is 0 Å². The lowest BCUT2D eigenvalue weighted by Crippen LogP contribution is -2.37. The predicted octanol–water partition coefficient (Wildman–Crippen LogP) is 2.19. The summed E-state index contributed by atoms with van der Waals surface area (Å²) in [6, 6.07) is 2.10. The van der Waals surface area contributed by atoms with Gasteiger partial charge in [-0.25, -0.2) is 9.79 Å². The predicted molar refractivity (Wildman–Crippen MR) is 65.8 cm³/mol. The van der Waals surface area contributed by atoms with Crippen LogP contribution in [0.2, 0.25) is 0 Å². The Labute approximate surface area is 98.9 Å². The molecule has 0 bridgehead atoms. The summed E-state index contributed by atoms with van der Waals surface area (Å²) in [5, 5.41) is 8.42. The Morgan fingerprint density at radius 3 is 1.87 bits per heavy atom. The van der Waals surface area contributed by atoms with Crippen LogP contribution in [0.3, 0.4) is 0 Å². The molecule has 0 saturated heterocycles. The monoisotopic (exact) mass is 255 g/mol. The molecule has 6 heteroatoms. The van der Waals surface area contributed by atoms with Crippen LogP contribution >= 0.6 is 20.3 Å². The quantitative estimate of drug-likeness (QED) is 0.739. The molecule has 90 valence electrons. The first-order valence-electron chi connectivity index (χ1n) is 4.82. The smallest absolute Gasteiger partial charge is 0.202 e. The van der Waals surface area contributed by atoms with Crippen LogP contribution < -0.4 is 0 Å². The Morgan fingerprint density at radius 1 is 1.20 bits per heavy atom. The van der Waals surface area contributed by atoms with Crippen molar-refractivity contribution in [3.05, 3.63) is 0 Å². The van der Waals surface area contributed by atoms with Crippen molar-refractivity contribution in [2.24, 2.45) is 0 Å². The van der Waals surface area contributed by atoms with Gasteiger partial charge in [-0.1, -0.05) is 0 Å². The third-order valence-electron chi connectivity index (χ3n) is 1.95. The Hall–Kier alpha value is 0.0900. The summed E-state index contributed by atoms with van der Waals surface area (Å²) in [7, 11) is -3.07. The van der Waals surface area contributed by atoms with Crippen LogP contribution in [0, 0.1) is 11.3 Å². The van der Waals surface area contributed by atoms with E-state index in [-0.39, 0.29) is 37.1 Å². The summed E-state index contributed by atoms with van der Waals surface area (Å²) in [5.74, 6) is 0. The highest BCUT2D eigenvalue weighted by molar-refractivity contribution is 7.62. The topological polar surface area (TPSA) is 67.5 Å². The zero-order valence-electron chi connectivity index (χ0n) is 9.71. The standard InChI is InChI=1S/C9H20N2O2P.ClH/c1-8(2)11(9(3)4)14(12,13)7-5-6-10;/h8-9,12-13H,5,7H2,1-4H3;1H/q+1;. The molecule has 0 radical (unpaired) electrons. The normalized spacial score (nSPS) is 11.7. The summed E-state index contributed by atoms with van der Waals surface area (Å²) in [4.78, 5) is 19.8. The van der Waals surface area contributed by atoms with E-state index >= 15 is 0 Å². The van der Waals surface area contributed by atoms with Crippen molar-refractivity contribution in [3.8, 4) is 6.07 Å². The Morgan fingerprint density at radius 2 is 1.60 bits per heavy atom. The summed E-state index contributed by atoms with van der Waals surface area (Å²) in [6.07, 6.45) is 0.358. The van der Waals surface area contributed by atoms with Gasteiger partial charge in [0, 0.05) is 12.1 Å². The fraction of sp³-hybridized carbons (Fsp3) is 0.889. The fourth-order valence-corrected chi connectivity index (χ4v) is 3.76. The van der Waals surface area contributed by atoms with Gasteiger partial charge in [-0.05, 0) is 27.7 Å². The van der Waals surface area contributed by atoms with E-state index in [9.17, 15) is 9.79 Å². The molecule has 0 atom stereocenters. The van der Waals surface area contributed by atoms with E-state index in [1.165, 1.54) is 0 Å². The van der Waals surface area contributed by atoms with Crippen molar-refractivity contribution in [1.82, 2.24) is 4.67 Å². The van der Waals surface area contributed by atoms with Gasteiger partial charge < -0.3 is 0 Å². The number of hydrogen-bond donors (Lipinski definition) is 2. The molecule has 0 rings (SSSR count). The van der Waals surface area contributed by atoms with Crippen LogP contribution in [0.5, 0.6) is 0 Å². The van der Waals surface area contributed by atoms with Crippen LogP contribution in [-0.2, 0) is 0 Å². The molecule has 0 spiro atoms. The lowest BCUT2D eigenvalue weighted by Gasteiger charge is -2.31. The van der Waals surface area contributed by atoms with Gasteiger partial charge in [-0.3, -0.25) is 0 Å². The van der Waals surface area contributed by atoms with Gasteiger partial charge in [0.1, 0.15) is 6.16 Å². The van der Waals surface area contributed by atoms with Gasteiger partial charge >= 0.3 is 7.87 Å². The number of nitrogens with zero attached hydrogens (tertiary/aromatic N) is 2. The highest BCUT2D eigenvalue weighted by Crippen LogP contribution is 2.56. The molecular formula is C9H21ClN2O2P+. The van der Waals surface area contributed by atoms with Gasteiger partial charge in [-0.2, -0.15) is 5.26 Å². The Kier molecular flexibility index (Phi) is 8.60. The number of halogens is 1. The van der Waals surface area contributed by atoms with Gasteiger partial charge in [0.05, 0.1) is 12.5 Å². The molecule has 0 saturated carbocycles. The average molecular weight is 256 g/mol. The van der Waals surface area contributed by atoms with Crippen molar-refractivity contribution in [3.63, 3.8) is 0 Å². The molecule has 0 amide bonds. The molecule has 0 aliphatic carbocycles. The van der Waals surface area contributed by atoms with E-state index in [4.69, 9.17) is 5.26 Å². The molecule has 4 nitrogen and oxygen atoms in total. The number of rotatable bonds is 5. The first kappa shape index (κ1) is 17.5. The van der Waals surface area contributed by atoms with Crippen LogP contribution in [0.4, 0.5) is 0 Å². The first-order chi connectivity index (χ1) is 6.33. The van der Waals surface area contributed by atoms with Crippen LogP contribution in [0.25, 0.3) is 0 Å². The third kappa shape index (κ3) is 5.65. The van der Waals surface area contributed by atoms with Crippen LogP contribution in [0.15, 0.2) is 0 Å². The summed E-state index contributed by atoms with van der Waals surface area (Å²) < 4.78 is 1.70. The molecule has 0 aromatic heterocycles. The molecule has 0 aromatic rings. The minimum atomic E-state index is -3.07. The molecule has 0 aliphatic rings. The van der Waals surface area contributed by atoms with E-state index < -0.39 is 7.87 Å². The maximum Gasteiger partial charge on any atom is 0.343 e. The molecule has 2 N–H and O–H groups in total. The van der Waals surface area contributed by atoms with Gasteiger partial charge in [0.25, 0.3) is 0 Å². The molecular weight excluding hydrogens is 235 g/mol. The van der Waals surface area contributed by atoms with Crippen molar-refractivity contribution in [2.45, 2.75) is 46.2 Å². The van der Waals surface area contributed by atoms with Crippen LogP contribution in [0.1, 0.15) is 34.1 Å². The van der Waals surface area contributed by atoms with E-state index in [1.807, 2.05) is 33.8 Å². The molecule has 0 unspecified atom stereocenters. The van der Waals surface area contributed by atoms with Crippen molar-refractivity contribution >= 4 is 20.3 Å². The van der Waals surface area contributed by atoms with E-state index in [0.717, 1.165) is 0 Å². The third-order valence-corrected chi connectivity index (χ3v) is 4.44. The summed E-state index contributed by atoms with van der Waals surface area (Å²) >= 11 is 0. The second kappa shape index (κ2) is 7.38. The number of hydrogen-bond acceptors (Lipinski definition) is 4. The fourth-order valence-electron chi connectivity index (χ4n) is 1.65. The lowest BCUT2D eigenvalue weighted by atomic mass is 10.3. The molecule has 0 aromatic carbocycles. The SMILES string of the molecule is CC(C)N(C(C)C)[P+](O)(O)CCC#N.Cl. The largest absolute Gasteiger partial charge is 0.343 e. The van der Waals surface area contributed by atoms with Crippen molar-refractivity contribution < 1.29 is 9.79 Å². The van der Waals surface area contributed by atoms with Gasteiger partial charge in [0.2, 0.25) is 0 Å². The molecule has 0 heterocycles. The highest BCUT2D eigenvalue weighted by atomic mass is 35.5. The molecule has 15 heavy (non-hydrogen) atoms. The van der Waals surface area contributed by atoms with E-state index in [1.54, 1.807) is 4.67 Å². The number of nitriles is 1. The maximum atomic E-state index is 9.89.